The molecule has 0 bridgehead atoms. The van der Waals surface area contributed by atoms with Gasteiger partial charge in [-0.05, 0) is 47.2 Å². The van der Waals surface area contributed by atoms with E-state index in [1.165, 1.54) is 7.11 Å². The first-order chi connectivity index (χ1) is 16.0. The first-order valence-corrected chi connectivity index (χ1v) is 12.1. The molecule has 0 radical (unpaired) electrons. The molecule has 0 aromatic heterocycles. The fourth-order valence-electron chi connectivity index (χ4n) is 5.83. The normalized spacial score (nSPS) is 26.6. The summed E-state index contributed by atoms with van der Waals surface area (Å²) in [5.74, 6) is -0.393. The number of hydrogen-bond acceptors (Lipinski definition) is 4. The number of methoxy groups -OCH3 is 1. The van der Waals surface area contributed by atoms with Crippen LogP contribution in [0.15, 0.2) is 83.3 Å². The number of rotatable bonds is 4. The Balaban J connectivity index is 1.61. The van der Waals surface area contributed by atoms with Crippen molar-refractivity contribution in [1.82, 2.24) is 5.32 Å². The van der Waals surface area contributed by atoms with Crippen molar-refractivity contribution in [3.05, 3.63) is 94.5 Å². The predicted octanol–water partition coefficient (Wildman–Crippen LogP) is 5.83. The maximum Gasteiger partial charge on any atom is 0.323 e. The monoisotopic (exact) mass is 503 g/mol. The third-order valence-electron chi connectivity index (χ3n) is 7.30. The number of ether oxygens (including phenoxy) is 1. The van der Waals surface area contributed by atoms with Gasteiger partial charge in [-0.3, -0.25) is 14.9 Å². The number of hydrogen-bond donors (Lipinski definition) is 1. The molecule has 1 saturated heterocycles. The number of nitrogens with one attached hydrogen (secondary N) is 1. The van der Waals surface area contributed by atoms with Crippen molar-refractivity contribution < 1.29 is 14.3 Å². The highest BCUT2D eigenvalue weighted by Crippen LogP contribution is 2.59. The summed E-state index contributed by atoms with van der Waals surface area (Å²) in [5, 5.41) is 3.52. The summed E-state index contributed by atoms with van der Waals surface area (Å²) in [7, 11) is 1.41. The van der Waals surface area contributed by atoms with Crippen LogP contribution in [0, 0.1) is 5.41 Å². The minimum atomic E-state index is -0.680. The molecule has 3 aromatic rings. The van der Waals surface area contributed by atoms with Gasteiger partial charge in [0.15, 0.2) is 0 Å². The molecule has 5 rings (SSSR count). The average molecular weight is 504 g/mol. The van der Waals surface area contributed by atoms with Crippen molar-refractivity contribution >= 4 is 27.7 Å². The lowest BCUT2D eigenvalue weighted by molar-refractivity contribution is -0.143. The van der Waals surface area contributed by atoms with Crippen molar-refractivity contribution in [3.8, 4) is 11.1 Å². The molecule has 168 valence electrons. The van der Waals surface area contributed by atoms with Gasteiger partial charge in [0, 0.05) is 22.9 Å². The van der Waals surface area contributed by atoms with E-state index in [-0.39, 0.29) is 23.7 Å². The van der Waals surface area contributed by atoms with Crippen LogP contribution in [0.25, 0.3) is 11.1 Å². The van der Waals surface area contributed by atoms with Gasteiger partial charge in [-0.2, -0.15) is 0 Å². The highest BCUT2D eigenvalue weighted by atomic mass is 79.9. The topological polar surface area (TPSA) is 55.4 Å². The molecule has 33 heavy (non-hydrogen) atoms. The summed E-state index contributed by atoms with van der Waals surface area (Å²) < 4.78 is 6.18. The molecule has 1 aliphatic heterocycles. The van der Waals surface area contributed by atoms with Gasteiger partial charge < -0.3 is 4.74 Å². The minimum absolute atomic E-state index is 0.228. The summed E-state index contributed by atoms with van der Waals surface area (Å²) in [6.45, 7) is 0. The number of halogens is 1. The van der Waals surface area contributed by atoms with Crippen LogP contribution in [-0.2, 0) is 14.3 Å². The van der Waals surface area contributed by atoms with Crippen LogP contribution in [0.3, 0.4) is 0 Å². The Hall–Kier alpha value is -2.76. The Kier molecular flexibility index (Phi) is 5.94. The van der Waals surface area contributed by atoms with Crippen LogP contribution < -0.4 is 5.32 Å². The second-order valence-corrected chi connectivity index (χ2v) is 9.85. The van der Waals surface area contributed by atoms with E-state index in [9.17, 15) is 9.59 Å². The number of ketones is 1. The molecule has 1 saturated carbocycles. The molecule has 4 nitrogen and oxygen atoms in total. The van der Waals surface area contributed by atoms with E-state index in [1.807, 2.05) is 42.5 Å². The lowest BCUT2D eigenvalue weighted by atomic mass is 9.65. The Morgan fingerprint density at radius 2 is 1.58 bits per heavy atom. The van der Waals surface area contributed by atoms with E-state index in [0.29, 0.717) is 6.42 Å². The highest BCUT2D eigenvalue weighted by molar-refractivity contribution is 9.10. The zero-order valence-electron chi connectivity index (χ0n) is 18.5. The number of Topliss-reactive ketones (excluding diaryl/α,β-unsaturated/α-hetero) is 1. The summed E-state index contributed by atoms with van der Waals surface area (Å²) in [4.78, 5) is 26.5. The summed E-state index contributed by atoms with van der Waals surface area (Å²) in [6, 6.07) is 25.7. The zero-order chi connectivity index (χ0) is 23.0. The largest absolute Gasteiger partial charge is 0.468 e. The fourth-order valence-corrected chi connectivity index (χ4v) is 6.10. The Morgan fingerprint density at radius 1 is 0.939 bits per heavy atom. The van der Waals surface area contributed by atoms with Crippen molar-refractivity contribution in [2.24, 2.45) is 5.41 Å². The van der Waals surface area contributed by atoms with Crippen molar-refractivity contribution in [2.75, 3.05) is 7.11 Å². The number of esters is 1. The minimum Gasteiger partial charge on any atom is -0.468 e. The lowest BCUT2D eigenvalue weighted by Crippen LogP contribution is -2.38. The molecule has 5 heteroatoms. The molecule has 2 fully saturated rings. The van der Waals surface area contributed by atoms with E-state index in [0.717, 1.165) is 39.6 Å². The molecule has 1 aliphatic carbocycles. The third-order valence-corrected chi connectivity index (χ3v) is 7.83. The Bertz CT molecular complexity index is 1160. The van der Waals surface area contributed by atoms with Crippen LogP contribution >= 0.6 is 15.9 Å². The Labute approximate surface area is 202 Å². The van der Waals surface area contributed by atoms with Crippen molar-refractivity contribution in [2.45, 2.75) is 37.3 Å². The molecule has 2 aliphatic rings. The van der Waals surface area contributed by atoms with Crippen molar-refractivity contribution in [1.29, 1.82) is 0 Å². The van der Waals surface area contributed by atoms with Gasteiger partial charge in [0.1, 0.15) is 11.8 Å². The summed E-state index contributed by atoms with van der Waals surface area (Å²) in [6.07, 6.45) is 2.12. The van der Waals surface area contributed by atoms with Gasteiger partial charge in [0.05, 0.1) is 12.5 Å². The average Bonchev–Trinajstić information content (AvgIpc) is 3.41. The molecule has 0 amide bonds. The summed E-state index contributed by atoms with van der Waals surface area (Å²) >= 11 is 3.50. The van der Waals surface area contributed by atoms with E-state index >= 15 is 0 Å². The molecular formula is C28H26BrNO3. The molecule has 1 heterocycles. The lowest BCUT2D eigenvalue weighted by Gasteiger charge is -2.35. The smallest absolute Gasteiger partial charge is 0.323 e. The number of carbonyl (C=O) groups excluding carboxylic acids is 2. The van der Waals surface area contributed by atoms with E-state index < -0.39 is 11.5 Å². The summed E-state index contributed by atoms with van der Waals surface area (Å²) in [5.41, 5.74) is 3.58. The molecule has 4 atom stereocenters. The first-order valence-electron chi connectivity index (χ1n) is 11.3. The van der Waals surface area contributed by atoms with Crippen LogP contribution in [0.5, 0.6) is 0 Å². The molecule has 3 aromatic carbocycles. The standard InChI is InChI=1S/C28H26BrNO3/c1-33-27(32)25-24(20-11-9-19(10-12-20)18-6-3-2-4-7-18)28(17-5-8-23(28)31)26(30-25)21-13-15-22(29)16-14-21/h2-4,6-7,9-16,24-26,30H,5,8,17H2,1H3/t24-,25+,26+,28+/m0/s1. The zero-order valence-corrected chi connectivity index (χ0v) is 20.0. The van der Waals surface area contributed by atoms with Crippen molar-refractivity contribution in [3.63, 3.8) is 0 Å². The SMILES string of the molecule is COC(=O)[C@@H]1N[C@H](c2ccc(Br)cc2)[C@@]2(CCCC2=O)[C@H]1c1ccc(-c2ccccc2)cc1. The Morgan fingerprint density at radius 3 is 2.18 bits per heavy atom. The van der Waals surface area contributed by atoms with Gasteiger partial charge in [0.2, 0.25) is 0 Å². The van der Waals surface area contributed by atoms with Crippen LogP contribution in [0.1, 0.15) is 42.3 Å². The quantitative estimate of drug-likeness (QED) is 0.455. The van der Waals surface area contributed by atoms with E-state index in [2.05, 4.69) is 57.6 Å². The van der Waals surface area contributed by atoms with Crippen LogP contribution in [-0.4, -0.2) is 24.9 Å². The van der Waals surface area contributed by atoms with Gasteiger partial charge in [-0.15, -0.1) is 0 Å². The van der Waals surface area contributed by atoms with E-state index in [4.69, 9.17) is 4.74 Å². The van der Waals surface area contributed by atoms with Gasteiger partial charge in [-0.1, -0.05) is 82.7 Å². The molecule has 1 spiro atoms. The second kappa shape index (κ2) is 8.88. The van der Waals surface area contributed by atoms with E-state index in [1.54, 1.807) is 0 Å². The van der Waals surface area contributed by atoms with Crippen LogP contribution in [0.4, 0.5) is 0 Å². The molecular weight excluding hydrogens is 478 g/mol. The first kappa shape index (κ1) is 22.1. The third kappa shape index (κ3) is 3.73. The van der Waals surface area contributed by atoms with Crippen LogP contribution in [0.2, 0.25) is 0 Å². The molecule has 1 N–H and O–H groups in total. The predicted molar refractivity (Wildman–Crippen MR) is 132 cm³/mol. The number of benzene rings is 3. The van der Waals surface area contributed by atoms with Gasteiger partial charge in [0.25, 0.3) is 0 Å². The van der Waals surface area contributed by atoms with Gasteiger partial charge >= 0.3 is 5.97 Å². The second-order valence-electron chi connectivity index (χ2n) is 8.93. The maximum absolute atomic E-state index is 13.6. The number of carbonyl (C=O) groups is 2. The maximum atomic E-state index is 13.6. The van der Waals surface area contributed by atoms with Gasteiger partial charge in [-0.25, -0.2) is 0 Å². The highest BCUT2D eigenvalue weighted by Gasteiger charge is 2.63. The fraction of sp³-hybridized carbons (Fsp3) is 0.286. The molecule has 0 unspecified atom stereocenters.